The van der Waals surface area contributed by atoms with E-state index in [2.05, 4.69) is 15.3 Å². The van der Waals surface area contributed by atoms with Crippen molar-refractivity contribution in [3.05, 3.63) is 22.6 Å². The monoisotopic (exact) mass is 229 g/mol. The summed E-state index contributed by atoms with van der Waals surface area (Å²) in [7, 11) is 3.54. The average Bonchev–Trinajstić information content (AvgIpc) is 2.24. The molecule has 1 rings (SSSR count). The second kappa shape index (κ2) is 6.60. The van der Waals surface area contributed by atoms with E-state index in [1.165, 1.54) is 24.0 Å². The normalized spacial score (nSPS) is 12.7. The highest BCUT2D eigenvalue weighted by molar-refractivity contribution is 7.99. The smallest absolute Gasteiger partial charge is 0.251 e. The lowest BCUT2D eigenvalue weighted by molar-refractivity contribution is 0.177. The Morgan fingerprint density at radius 1 is 1.73 bits per heavy atom. The molecule has 0 bridgehead atoms. The van der Waals surface area contributed by atoms with Crippen molar-refractivity contribution >= 4 is 11.8 Å². The first kappa shape index (κ1) is 12.2. The zero-order chi connectivity index (χ0) is 11.1. The summed E-state index contributed by atoms with van der Waals surface area (Å²) in [6, 6.07) is 1.65. The molecule has 0 aliphatic heterocycles. The lowest BCUT2D eigenvalue weighted by atomic mass is 10.4. The highest BCUT2D eigenvalue weighted by atomic mass is 32.2. The number of nitrogens with zero attached hydrogens (tertiary/aromatic N) is 1. The Balaban J connectivity index is 2.45. The van der Waals surface area contributed by atoms with Gasteiger partial charge in [0.05, 0.1) is 6.61 Å². The summed E-state index contributed by atoms with van der Waals surface area (Å²) < 4.78 is 5.04. The van der Waals surface area contributed by atoms with Crippen LogP contribution in [0.3, 0.4) is 0 Å². The molecule has 1 aromatic heterocycles. The van der Waals surface area contributed by atoms with Gasteiger partial charge in [0, 0.05) is 31.2 Å². The summed E-state index contributed by atoms with van der Waals surface area (Å²) in [5.41, 5.74) is -0.125. The molecule has 1 unspecified atom stereocenters. The molecule has 0 saturated heterocycles. The lowest BCUT2D eigenvalue weighted by Crippen LogP contribution is -2.32. The number of hydrogen-bond acceptors (Lipinski definition) is 5. The summed E-state index contributed by atoms with van der Waals surface area (Å²) in [4.78, 5) is 17.7. The van der Waals surface area contributed by atoms with E-state index in [1.807, 2.05) is 7.05 Å². The van der Waals surface area contributed by atoms with Gasteiger partial charge in [0.2, 0.25) is 0 Å². The quantitative estimate of drug-likeness (QED) is 0.535. The number of nitrogens with one attached hydrogen (secondary N) is 2. The molecule has 15 heavy (non-hydrogen) atoms. The van der Waals surface area contributed by atoms with Crippen LogP contribution in [0, 0.1) is 0 Å². The van der Waals surface area contributed by atoms with Gasteiger partial charge < -0.3 is 15.0 Å². The molecule has 1 aromatic rings. The molecular formula is C9H15N3O2S. The van der Waals surface area contributed by atoms with Crippen LogP contribution in [0.1, 0.15) is 0 Å². The van der Waals surface area contributed by atoms with E-state index in [4.69, 9.17) is 4.74 Å². The van der Waals surface area contributed by atoms with Crippen LogP contribution < -0.4 is 10.9 Å². The molecule has 84 valence electrons. The van der Waals surface area contributed by atoms with Crippen LogP contribution in [0.25, 0.3) is 0 Å². The van der Waals surface area contributed by atoms with Gasteiger partial charge in [-0.3, -0.25) is 4.79 Å². The van der Waals surface area contributed by atoms with Crippen molar-refractivity contribution in [3.8, 4) is 0 Å². The van der Waals surface area contributed by atoms with Crippen molar-refractivity contribution in [2.24, 2.45) is 0 Å². The third kappa shape index (κ3) is 4.46. The highest BCUT2D eigenvalue weighted by Gasteiger charge is 2.06. The molecule has 0 aliphatic carbocycles. The largest absolute Gasteiger partial charge is 0.383 e. The van der Waals surface area contributed by atoms with E-state index in [0.29, 0.717) is 11.8 Å². The molecular weight excluding hydrogens is 214 g/mol. The van der Waals surface area contributed by atoms with Crippen molar-refractivity contribution in [1.29, 1.82) is 0 Å². The number of methoxy groups -OCH3 is 1. The topological polar surface area (TPSA) is 67.0 Å². The van der Waals surface area contributed by atoms with Crippen LogP contribution >= 0.6 is 11.8 Å². The van der Waals surface area contributed by atoms with Crippen LogP contribution in [-0.2, 0) is 4.74 Å². The molecule has 6 heteroatoms. The summed E-state index contributed by atoms with van der Waals surface area (Å²) in [5.74, 6) is 0.803. The van der Waals surface area contributed by atoms with Gasteiger partial charge in [-0.15, -0.1) is 0 Å². The van der Waals surface area contributed by atoms with Crippen molar-refractivity contribution in [2.45, 2.75) is 11.2 Å². The maximum Gasteiger partial charge on any atom is 0.251 e. The SMILES string of the molecule is CNC(COC)CSc1nccc(=O)[nH]1. The Morgan fingerprint density at radius 2 is 2.53 bits per heavy atom. The first-order chi connectivity index (χ1) is 7.26. The van der Waals surface area contributed by atoms with Gasteiger partial charge in [0.15, 0.2) is 5.16 Å². The minimum Gasteiger partial charge on any atom is -0.383 e. The number of thioether (sulfide) groups is 1. The van der Waals surface area contributed by atoms with Gasteiger partial charge in [-0.1, -0.05) is 11.8 Å². The van der Waals surface area contributed by atoms with Crippen LogP contribution in [0.2, 0.25) is 0 Å². The van der Waals surface area contributed by atoms with Crippen LogP contribution in [0.5, 0.6) is 0 Å². The molecule has 0 fully saturated rings. The number of hydrogen-bond donors (Lipinski definition) is 2. The molecule has 0 aliphatic rings. The average molecular weight is 229 g/mol. The predicted octanol–water partition coefficient (Wildman–Crippen LogP) is 0.0964. The zero-order valence-electron chi connectivity index (χ0n) is 8.82. The summed E-state index contributed by atoms with van der Waals surface area (Å²) in [5, 5.41) is 3.76. The second-order valence-electron chi connectivity index (χ2n) is 2.99. The highest BCUT2D eigenvalue weighted by Crippen LogP contribution is 2.11. The Bertz CT molecular complexity index is 342. The summed E-state index contributed by atoms with van der Waals surface area (Å²) in [6.45, 7) is 0.639. The van der Waals surface area contributed by atoms with E-state index >= 15 is 0 Å². The number of aromatic nitrogens is 2. The van der Waals surface area contributed by atoms with Crippen molar-refractivity contribution < 1.29 is 4.74 Å². The first-order valence-electron chi connectivity index (χ1n) is 4.60. The van der Waals surface area contributed by atoms with Gasteiger partial charge in [0.25, 0.3) is 5.56 Å². The minimum atomic E-state index is -0.125. The van der Waals surface area contributed by atoms with Crippen molar-refractivity contribution in [1.82, 2.24) is 15.3 Å². The molecule has 5 nitrogen and oxygen atoms in total. The molecule has 1 atom stereocenters. The fourth-order valence-corrected chi connectivity index (χ4v) is 1.95. The van der Waals surface area contributed by atoms with Crippen molar-refractivity contribution in [2.75, 3.05) is 26.5 Å². The molecule has 0 radical (unpaired) electrons. The molecule has 1 heterocycles. The Labute approximate surface area is 92.6 Å². The van der Waals surface area contributed by atoms with Crippen LogP contribution in [0.4, 0.5) is 0 Å². The maximum absolute atomic E-state index is 11.0. The first-order valence-corrected chi connectivity index (χ1v) is 5.59. The van der Waals surface area contributed by atoms with E-state index in [0.717, 1.165) is 5.75 Å². The number of rotatable bonds is 6. The third-order valence-corrected chi connectivity index (χ3v) is 2.90. The minimum absolute atomic E-state index is 0.125. The number of ether oxygens (including phenoxy) is 1. The van der Waals surface area contributed by atoms with Gasteiger partial charge in [0.1, 0.15) is 0 Å². The number of H-pyrrole nitrogens is 1. The maximum atomic E-state index is 11.0. The molecule has 0 saturated carbocycles. The Kier molecular flexibility index (Phi) is 5.38. The van der Waals surface area contributed by atoms with E-state index in [1.54, 1.807) is 7.11 Å². The number of aromatic amines is 1. The third-order valence-electron chi connectivity index (χ3n) is 1.85. The molecule has 0 aromatic carbocycles. The van der Waals surface area contributed by atoms with Gasteiger partial charge in [-0.2, -0.15) is 0 Å². The summed E-state index contributed by atoms with van der Waals surface area (Å²) >= 11 is 1.50. The molecule has 0 amide bonds. The second-order valence-corrected chi connectivity index (χ2v) is 4.00. The van der Waals surface area contributed by atoms with Crippen LogP contribution in [-0.4, -0.2) is 42.5 Å². The van der Waals surface area contributed by atoms with Crippen molar-refractivity contribution in [3.63, 3.8) is 0 Å². The van der Waals surface area contributed by atoms with E-state index in [9.17, 15) is 4.79 Å². The van der Waals surface area contributed by atoms with E-state index < -0.39 is 0 Å². The van der Waals surface area contributed by atoms with Gasteiger partial charge >= 0.3 is 0 Å². The van der Waals surface area contributed by atoms with E-state index in [-0.39, 0.29) is 11.6 Å². The Hall–Kier alpha value is -0.850. The lowest BCUT2D eigenvalue weighted by Gasteiger charge is -2.13. The molecule has 0 spiro atoms. The zero-order valence-corrected chi connectivity index (χ0v) is 9.63. The Morgan fingerprint density at radius 3 is 3.13 bits per heavy atom. The number of likely N-dealkylation sites (N-methyl/N-ethyl adjacent to an activating group) is 1. The summed E-state index contributed by atoms with van der Waals surface area (Å²) in [6.07, 6.45) is 1.51. The molecule has 2 N–H and O–H groups in total. The predicted molar refractivity (Wildman–Crippen MR) is 60.3 cm³/mol. The fraction of sp³-hybridized carbons (Fsp3) is 0.556. The fourth-order valence-electron chi connectivity index (χ4n) is 1.02. The van der Waals surface area contributed by atoms with Crippen LogP contribution in [0.15, 0.2) is 22.2 Å². The van der Waals surface area contributed by atoms with Gasteiger partial charge in [-0.25, -0.2) is 4.98 Å². The standard InChI is InChI=1S/C9H15N3O2S/c1-10-7(5-14-2)6-15-9-11-4-3-8(13)12-9/h3-4,7,10H,5-6H2,1-2H3,(H,11,12,13). The van der Waals surface area contributed by atoms with Gasteiger partial charge in [-0.05, 0) is 7.05 Å².